The number of cyclic esters (lactones) is 1. The fourth-order valence-electron chi connectivity index (χ4n) is 3.44. The molecule has 1 saturated heterocycles. The molecule has 0 aromatic rings. The van der Waals surface area contributed by atoms with Gasteiger partial charge in [-0.05, 0) is 30.6 Å². The largest absolute Gasteiger partial charge is 0.462 e. The van der Waals surface area contributed by atoms with Crippen LogP contribution in [0.2, 0.25) is 0 Å². The number of hydrogen-bond donors (Lipinski definition) is 0. The Labute approximate surface area is 111 Å². The molecule has 3 unspecified atom stereocenters. The normalized spacial score (nSPS) is 31.7. The molecule has 18 heavy (non-hydrogen) atoms. The second-order valence-electron chi connectivity index (χ2n) is 6.75. The van der Waals surface area contributed by atoms with E-state index in [1.807, 2.05) is 0 Å². The van der Waals surface area contributed by atoms with Crippen molar-refractivity contribution in [2.75, 3.05) is 0 Å². The molecule has 1 heterocycles. The number of ether oxygens (including phenoxy) is 1. The average molecular weight is 252 g/mol. The summed E-state index contributed by atoms with van der Waals surface area (Å²) < 4.78 is 5.60. The first-order valence-electron chi connectivity index (χ1n) is 7.78. The first-order chi connectivity index (χ1) is 8.58. The van der Waals surface area contributed by atoms with Crippen molar-refractivity contribution in [2.24, 2.45) is 23.7 Å². The second kappa shape index (κ2) is 6.08. The Kier molecular flexibility index (Phi) is 4.69. The number of esters is 1. The molecule has 0 radical (unpaired) electrons. The lowest BCUT2D eigenvalue weighted by molar-refractivity contribution is -0.146. The van der Waals surface area contributed by atoms with Gasteiger partial charge in [-0.3, -0.25) is 4.79 Å². The van der Waals surface area contributed by atoms with E-state index in [2.05, 4.69) is 20.8 Å². The van der Waals surface area contributed by atoms with E-state index in [0.29, 0.717) is 11.8 Å². The minimum absolute atomic E-state index is 0.0815. The summed E-state index contributed by atoms with van der Waals surface area (Å²) in [5.41, 5.74) is 0. The van der Waals surface area contributed by atoms with E-state index in [1.165, 1.54) is 32.1 Å². The fourth-order valence-corrected chi connectivity index (χ4v) is 3.44. The molecule has 0 amide bonds. The summed E-state index contributed by atoms with van der Waals surface area (Å²) in [4.78, 5) is 12.0. The topological polar surface area (TPSA) is 26.3 Å². The number of carbonyl (C=O) groups excluding carboxylic acids is 1. The number of rotatable bonds is 4. The molecule has 0 aromatic heterocycles. The molecule has 2 aliphatic rings. The molecule has 0 spiro atoms. The third-order valence-corrected chi connectivity index (χ3v) is 5.10. The molecule has 2 heteroatoms. The van der Waals surface area contributed by atoms with Crippen LogP contribution < -0.4 is 0 Å². The van der Waals surface area contributed by atoms with Crippen molar-refractivity contribution in [3.8, 4) is 0 Å². The lowest BCUT2D eigenvalue weighted by Gasteiger charge is -2.23. The highest BCUT2D eigenvalue weighted by atomic mass is 16.6. The molecule has 1 saturated carbocycles. The number of hydrogen-bond acceptors (Lipinski definition) is 2. The van der Waals surface area contributed by atoms with Gasteiger partial charge >= 0.3 is 5.97 Å². The fraction of sp³-hybridized carbons (Fsp3) is 0.938. The van der Waals surface area contributed by atoms with Gasteiger partial charge in [0, 0.05) is 0 Å². The van der Waals surface area contributed by atoms with E-state index in [1.54, 1.807) is 0 Å². The minimum atomic E-state index is 0.0815. The van der Waals surface area contributed by atoms with E-state index < -0.39 is 0 Å². The maximum absolute atomic E-state index is 12.0. The summed E-state index contributed by atoms with van der Waals surface area (Å²) in [6, 6.07) is 0. The Balaban J connectivity index is 1.85. The standard InChI is InChI=1S/C16H28O2/c1-11(2)12(3)15-10-14(16(17)18-15)9-13-7-5-4-6-8-13/h11-15H,4-10H2,1-3H3. The maximum atomic E-state index is 12.0. The molecule has 0 bridgehead atoms. The summed E-state index contributed by atoms with van der Waals surface area (Å²) >= 11 is 0. The zero-order valence-electron chi connectivity index (χ0n) is 12.2. The van der Waals surface area contributed by atoms with E-state index in [-0.39, 0.29) is 18.0 Å². The van der Waals surface area contributed by atoms with Crippen molar-refractivity contribution in [1.82, 2.24) is 0 Å². The van der Waals surface area contributed by atoms with Crippen molar-refractivity contribution in [2.45, 2.75) is 71.8 Å². The maximum Gasteiger partial charge on any atom is 0.309 e. The van der Waals surface area contributed by atoms with E-state index >= 15 is 0 Å². The summed E-state index contributed by atoms with van der Waals surface area (Å²) in [7, 11) is 0. The highest BCUT2D eigenvalue weighted by Gasteiger charge is 2.39. The predicted octanol–water partition coefficient (Wildman–Crippen LogP) is 4.18. The lowest BCUT2D eigenvalue weighted by atomic mass is 9.80. The first-order valence-corrected chi connectivity index (χ1v) is 7.78. The Bertz CT molecular complexity index is 279. The van der Waals surface area contributed by atoms with Crippen molar-refractivity contribution in [3.63, 3.8) is 0 Å². The first kappa shape index (κ1) is 13.9. The average Bonchev–Trinajstić information content (AvgIpc) is 2.71. The van der Waals surface area contributed by atoms with Gasteiger partial charge in [0.1, 0.15) is 6.10 Å². The van der Waals surface area contributed by atoms with Crippen molar-refractivity contribution < 1.29 is 9.53 Å². The Morgan fingerprint density at radius 1 is 1.17 bits per heavy atom. The predicted molar refractivity (Wildman–Crippen MR) is 73.2 cm³/mol. The summed E-state index contributed by atoms with van der Waals surface area (Å²) in [5.74, 6) is 2.14. The molecule has 2 fully saturated rings. The SMILES string of the molecule is CC(C)C(C)C1CC(CC2CCCCC2)C(=O)O1. The molecule has 1 aliphatic heterocycles. The van der Waals surface area contributed by atoms with Gasteiger partial charge in [-0.25, -0.2) is 0 Å². The minimum Gasteiger partial charge on any atom is -0.462 e. The van der Waals surface area contributed by atoms with Gasteiger partial charge in [0.15, 0.2) is 0 Å². The summed E-state index contributed by atoms with van der Waals surface area (Å²) in [6.07, 6.45) is 8.98. The zero-order chi connectivity index (χ0) is 13.1. The van der Waals surface area contributed by atoms with Gasteiger partial charge in [0.2, 0.25) is 0 Å². The van der Waals surface area contributed by atoms with Crippen molar-refractivity contribution in [3.05, 3.63) is 0 Å². The van der Waals surface area contributed by atoms with Crippen molar-refractivity contribution in [1.29, 1.82) is 0 Å². The summed E-state index contributed by atoms with van der Waals surface area (Å²) in [5, 5.41) is 0. The van der Waals surface area contributed by atoms with Crippen LogP contribution in [-0.2, 0) is 9.53 Å². The van der Waals surface area contributed by atoms with E-state index in [4.69, 9.17) is 4.74 Å². The third kappa shape index (κ3) is 3.27. The van der Waals surface area contributed by atoms with Crippen LogP contribution in [0.1, 0.15) is 65.7 Å². The second-order valence-corrected chi connectivity index (χ2v) is 6.75. The van der Waals surface area contributed by atoms with Gasteiger partial charge in [-0.1, -0.05) is 52.9 Å². The van der Waals surface area contributed by atoms with Crippen LogP contribution in [0.25, 0.3) is 0 Å². The van der Waals surface area contributed by atoms with Gasteiger partial charge in [-0.2, -0.15) is 0 Å². The molecular formula is C16H28O2. The monoisotopic (exact) mass is 252 g/mol. The van der Waals surface area contributed by atoms with Gasteiger partial charge < -0.3 is 4.74 Å². The molecule has 3 atom stereocenters. The highest BCUT2D eigenvalue weighted by Crippen LogP contribution is 2.37. The molecular weight excluding hydrogens is 224 g/mol. The Morgan fingerprint density at radius 2 is 1.83 bits per heavy atom. The molecule has 0 N–H and O–H groups in total. The van der Waals surface area contributed by atoms with Crippen molar-refractivity contribution >= 4 is 5.97 Å². The van der Waals surface area contributed by atoms with Crippen LogP contribution in [-0.4, -0.2) is 12.1 Å². The highest BCUT2D eigenvalue weighted by molar-refractivity contribution is 5.74. The lowest BCUT2D eigenvalue weighted by Crippen LogP contribution is -2.22. The van der Waals surface area contributed by atoms with E-state index in [9.17, 15) is 4.79 Å². The van der Waals surface area contributed by atoms with Crippen LogP contribution in [0.5, 0.6) is 0 Å². The molecule has 2 nitrogen and oxygen atoms in total. The van der Waals surface area contributed by atoms with Crippen LogP contribution >= 0.6 is 0 Å². The smallest absolute Gasteiger partial charge is 0.309 e. The van der Waals surface area contributed by atoms with Gasteiger partial charge in [0.25, 0.3) is 0 Å². The summed E-state index contributed by atoms with van der Waals surface area (Å²) in [6.45, 7) is 6.64. The third-order valence-electron chi connectivity index (χ3n) is 5.10. The van der Waals surface area contributed by atoms with Gasteiger partial charge in [0.05, 0.1) is 5.92 Å². The van der Waals surface area contributed by atoms with Crippen LogP contribution in [0.3, 0.4) is 0 Å². The Hall–Kier alpha value is -0.530. The number of carbonyl (C=O) groups is 1. The van der Waals surface area contributed by atoms with Crippen LogP contribution in [0.4, 0.5) is 0 Å². The van der Waals surface area contributed by atoms with Crippen LogP contribution in [0.15, 0.2) is 0 Å². The quantitative estimate of drug-likeness (QED) is 0.702. The van der Waals surface area contributed by atoms with Gasteiger partial charge in [-0.15, -0.1) is 0 Å². The van der Waals surface area contributed by atoms with E-state index in [0.717, 1.165) is 18.8 Å². The van der Waals surface area contributed by atoms with Crippen LogP contribution in [0, 0.1) is 23.7 Å². The molecule has 1 aliphatic carbocycles. The molecule has 2 rings (SSSR count). The molecule has 104 valence electrons. The zero-order valence-corrected chi connectivity index (χ0v) is 12.2. The Morgan fingerprint density at radius 3 is 2.44 bits per heavy atom. The molecule has 0 aromatic carbocycles.